The largest absolute Gasteiger partial charge is 0.444 e. The second-order valence-electron chi connectivity index (χ2n) is 7.15. The van der Waals surface area contributed by atoms with Crippen molar-refractivity contribution in [1.82, 2.24) is 5.32 Å². The maximum absolute atomic E-state index is 12.2. The van der Waals surface area contributed by atoms with Crippen LogP contribution in [0.1, 0.15) is 32.3 Å². The molecule has 0 aliphatic heterocycles. The molecule has 0 bridgehead atoms. The summed E-state index contributed by atoms with van der Waals surface area (Å²) in [6.45, 7) is 5.17. The predicted octanol–water partition coefficient (Wildman–Crippen LogP) is 2.07. The van der Waals surface area contributed by atoms with E-state index < -0.39 is 38.2 Å². The van der Waals surface area contributed by atoms with Crippen molar-refractivity contribution in [2.45, 2.75) is 43.1 Å². The normalized spacial score (nSPS) is 26.8. The lowest BCUT2D eigenvalue weighted by molar-refractivity contribution is 0.0497. The third kappa shape index (κ3) is 3.84. The molecule has 1 saturated carbocycles. The summed E-state index contributed by atoms with van der Waals surface area (Å²) in [6, 6.07) is 6.92. The molecule has 1 aromatic carbocycles. The van der Waals surface area contributed by atoms with Gasteiger partial charge in [-0.05, 0) is 38.5 Å². The van der Waals surface area contributed by atoms with Crippen molar-refractivity contribution in [2.24, 2.45) is 5.73 Å². The molecular weight excluding hydrogens is 352 g/mol. The lowest BCUT2D eigenvalue weighted by atomic mass is 10.1. The van der Waals surface area contributed by atoms with Crippen LogP contribution in [0.15, 0.2) is 24.3 Å². The van der Waals surface area contributed by atoms with Gasteiger partial charge in [-0.2, -0.15) is 0 Å². The van der Waals surface area contributed by atoms with Gasteiger partial charge in [0, 0.05) is 23.7 Å². The van der Waals surface area contributed by atoms with Crippen LogP contribution in [-0.4, -0.2) is 43.7 Å². The van der Waals surface area contributed by atoms with Gasteiger partial charge in [0.2, 0.25) is 0 Å². The van der Waals surface area contributed by atoms with Crippen molar-refractivity contribution >= 4 is 27.5 Å². The highest BCUT2D eigenvalue weighted by Crippen LogP contribution is 2.55. The number of benzene rings is 1. The van der Waals surface area contributed by atoms with Crippen LogP contribution in [0.3, 0.4) is 0 Å². The summed E-state index contributed by atoms with van der Waals surface area (Å²) in [5.74, 6) is -0.469. The van der Waals surface area contributed by atoms with Gasteiger partial charge in [0.25, 0.3) is 0 Å². The van der Waals surface area contributed by atoms with E-state index in [2.05, 4.69) is 5.32 Å². The van der Waals surface area contributed by atoms with Crippen molar-refractivity contribution in [3.05, 3.63) is 34.9 Å². The minimum absolute atomic E-state index is 0.0266. The topological polar surface area (TPSA) is 98.5 Å². The lowest BCUT2D eigenvalue weighted by Crippen LogP contribution is -2.48. The van der Waals surface area contributed by atoms with Gasteiger partial charge >= 0.3 is 6.09 Å². The number of halogens is 1. The summed E-state index contributed by atoms with van der Waals surface area (Å²) in [7, 11) is -3.44. The number of alkyl carbamates (subject to hydrolysis) is 1. The molecule has 8 heteroatoms. The Labute approximate surface area is 147 Å². The standard InChI is InChI=1S/C16H23ClN2O4S/c1-15(2,3)23-14(20)19-16(9-18)12(13(16)24(4,21)22)10-6-5-7-11(17)8-10/h5-8,12-13H,9,18H2,1-4H3,(H,19,20)/t12-,13+,16+/m0/s1. The molecule has 0 radical (unpaired) electrons. The van der Waals surface area contributed by atoms with E-state index in [9.17, 15) is 13.2 Å². The second-order valence-corrected chi connectivity index (χ2v) is 9.76. The van der Waals surface area contributed by atoms with Gasteiger partial charge in [0.05, 0.1) is 10.8 Å². The van der Waals surface area contributed by atoms with Gasteiger partial charge in [-0.3, -0.25) is 0 Å². The number of carbonyl (C=O) groups is 1. The molecule has 134 valence electrons. The van der Waals surface area contributed by atoms with E-state index in [-0.39, 0.29) is 6.54 Å². The monoisotopic (exact) mass is 374 g/mol. The molecule has 24 heavy (non-hydrogen) atoms. The molecule has 0 heterocycles. The van der Waals surface area contributed by atoms with Gasteiger partial charge in [-0.15, -0.1) is 0 Å². The first kappa shape index (κ1) is 19.0. The van der Waals surface area contributed by atoms with Crippen LogP contribution in [0.2, 0.25) is 5.02 Å². The highest BCUT2D eigenvalue weighted by atomic mass is 35.5. The number of hydrogen-bond acceptors (Lipinski definition) is 5. The van der Waals surface area contributed by atoms with Gasteiger partial charge < -0.3 is 15.8 Å². The minimum atomic E-state index is -3.44. The second kappa shape index (κ2) is 6.20. The van der Waals surface area contributed by atoms with Crippen LogP contribution in [0.5, 0.6) is 0 Å². The summed E-state index contributed by atoms with van der Waals surface area (Å²) in [5.41, 5.74) is 4.80. The summed E-state index contributed by atoms with van der Waals surface area (Å²) in [6.07, 6.45) is 0.453. The van der Waals surface area contributed by atoms with Crippen LogP contribution in [-0.2, 0) is 14.6 Å². The molecule has 0 spiro atoms. The number of hydrogen-bond donors (Lipinski definition) is 2. The average Bonchev–Trinajstić information content (AvgIpc) is 3.05. The number of amides is 1. The number of ether oxygens (including phenoxy) is 1. The van der Waals surface area contributed by atoms with Crippen LogP contribution >= 0.6 is 11.6 Å². The van der Waals surface area contributed by atoms with Crippen molar-refractivity contribution in [1.29, 1.82) is 0 Å². The zero-order chi connectivity index (χ0) is 18.3. The molecule has 2 rings (SSSR count). The van der Waals surface area contributed by atoms with Crippen molar-refractivity contribution < 1.29 is 17.9 Å². The Morgan fingerprint density at radius 3 is 2.50 bits per heavy atom. The number of sulfone groups is 1. The fourth-order valence-corrected chi connectivity index (χ4v) is 5.22. The van der Waals surface area contributed by atoms with Gasteiger partial charge in [-0.1, -0.05) is 23.7 Å². The van der Waals surface area contributed by atoms with E-state index in [1.165, 1.54) is 0 Å². The first-order valence-electron chi connectivity index (χ1n) is 7.56. The molecule has 1 fully saturated rings. The van der Waals surface area contributed by atoms with E-state index in [0.717, 1.165) is 11.8 Å². The Hall–Kier alpha value is -1.31. The van der Waals surface area contributed by atoms with E-state index in [4.69, 9.17) is 22.1 Å². The summed E-state index contributed by atoms with van der Waals surface area (Å²) in [5, 5.41) is 2.37. The Morgan fingerprint density at radius 2 is 2.04 bits per heavy atom. The molecule has 1 aliphatic rings. The van der Waals surface area contributed by atoms with Crippen molar-refractivity contribution in [3.8, 4) is 0 Å². The lowest BCUT2D eigenvalue weighted by Gasteiger charge is -2.24. The molecule has 1 amide bonds. The Morgan fingerprint density at radius 1 is 1.42 bits per heavy atom. The fourth-order valence-electron chi connectivity index (χ4n) is 3.14. The SMILES string of the molecule is CC(C)(C)OC(=O)N[C@@]1(CN)[C@H](S(C)(=O)=O)[C@@H]1c1cccc(Cl)c1. The summed E-state index contributed by atoms with van der Waals surface area (Å²) < 4.78 is 29.7. The van der Waals surface area contributed by atoms with Crippen LogP contribution < -0.4 is 11.1 Å². The smallest absolute Gasteiger partial charge is 0.408 e. The quantitative estimate of drug-likeness (QED) is 0.840. The Bertz CT molecular complexity index is 745. The fraction of sp³-hybridized carbons (Fsp3) is 0.562. The average molecular weight is 375 g/mol. The van der Waals surface area contributed by atoms with Crippen LogP contribution in [0, 0.1) is 0 Å². The van der Waals surface area contributed by atoms with E-state index in [1.807, 2.05) is 0 Å². The molecule has 6 nitrogen and oxygen atoms in total. The molecule has 3 N–H and O–H groups in total. The summed E-state index contributed by atoms with van der Waals surface area (Å²) >= 11 is 6.02. The van der Waals surface area contributed by atoms with Crippen LogP contribution in [0.4, 0.5) is 4.79 Å². The van der Waals surface area contributed by atoms with Crippen molar-refractivity contribution in [3.63, 3.8) is 0 Å². The maximum Gasteiger partial charge on any atom is 0.408 e. The number of carbonyl (C=O) groups excluding carboxylic acids is 1. The summed E-state index contributed by atoms with van der Waals surface area (Å²) in [4.78, 5) is 12.2. The molecule has 0 aromatic heterocycles. The molecular formula is C16H23ClN2O4S. The molecule has 0 unspecified atom stereocenters. The third-order valence-corrected chi connectivity index (χ3v) is 5.85. The van der Waals surface area contributed by atoms with E-state index in [1.54, 1.807) is 45.0 Å². The Kier molecular flexibility index (Phi) is 4.92. The highest BCUT2D eigenvalue weighted by Gasteiger charge is 2.70. The van der Waals surface area contributed by atoms with Gasteiger partial charge in [0.15, 0.2) is 9.84 Å². The van der Waals surface area contributed by atoms with E-state index in [0.29, 0.717) is 5.02 Å². The molecule has 3 atom stereocenters. The first-order valence-corrected chi connectivity index (χ1v) is 9.89. The van der Waals surface area contributed by atoms with Gasteiger partial charge in [-0.25, -0.2) is 13.2 Å². The van der Waals surface area contributed by atoms with Gasteiger partial charge in [0.1, 0.15) is 5.60 Å². The Balaban J connectivity index is 2.37. The van der Waals surface area contributed by atoms with Crippen molar-refractivity contribution in [2.75, 3.05) is 12.8 Å². The van der Waals surface area contributed by atoms with E-state index >= 15 is 0 Å². The number of rotatable bonds is 4. The highest BCUT2D eigenvalue weighted by molar-refractivity contribution is 7.91. The molecule has 0 saturated heterocycles. The maximum atomic E-state index is 12.2. The minimum Gasteiger partial charge on any atom is -0.444 e. The number of nitrogens with one attached hydrogen (secondary N) is 1. The zero-order valence-corrected chi connectivity index (χ0v) is 15.7. The number of nitrogens with two attached hydrogens (primary N) is 1. The molecule has 1 aliphatic carbocycles. The first-order chi connectivity index (χ1) is 10.9. The predicted molar refractivity (Wildman–Crippen MR) is 94.0 cm³/mol. The third-order valence-electron chi connectivity index (χ3n) is 4.00. The zero-order valence-electron chi connectivity index (χ0n) is 14.2. The van der Waals surface area contributed by atoms with Crippen LogP contribution in [0.25, 0.3) is 0 Å². The molecule has 1 aromatic rings.